The number of pyridine rings is 1. The average molecular weight is 308 g/mol. The molecule has 1 aliphatic heterocycles. The summed E-state index contributed by atoms with van der Waals surface area (Å²) >= 11 is 0. The van der Waals surface area contributed by atoms with Crippen molar-refractivity contribution >= 4 is 16.8 Å². The van der Waals surface area contributed by atoms with Crippen molar-refractivity contribution < 1.29 is 18.0 Å². The average Bonchev–Trinajstić information content (AvgIpc) is 2.53. The molecule has 0 aliphatic carbocycles. The van der Waals surface area contributed by atoms with Crippen LogP contribution in [0.4, 0.5) is 13.2 Å². The van der Waals surface area contributed by atoms with Gasteiger partial charge in [-0.25, -0.2) is 4.98 Å². The number of piperidine rings is 1. The topological polar surface area (TPSA) is 33.2 Å². The maximum absolute atomic E-state index is 12.8. The van der Waals surface area contributed by atoms with Crippen LogP contribution in [-0.2, 0) is 0 Å². The number of rotatable bonds is 1. The number of aromatic nitrogens is 1. The standard InChI is InChI=1S/C16H15F3N2O/c17-16(18,19)12-5-3-9-21(10-12)15(22)14-8-7-11-4-1-2-6-13(11)20-14/h1-2,4,6-8,12H,3,5,9-10H2. The van der Waals surface area contributed by atoms with Crippen molar-refractivity contribution in [3.63, 3.8) is 0 Å². The van der Waals surface area contributed by atoms with Gasteiger partial charge in [0.1, 0.15) is 5.69 Å². The zero-order valence-electron chi connectivity index (χ0n) is 11.8. The van der Waals surface area contributed by atoms with E-state index in [-0.39, 0.29) is 18.7 Å². The Bertz CT molecular complexity index is 699. The molecule has 22 heavy (non-hydrogen) atoms. The van der Waals surface area contributed by atoms with Gasteiger partial charge in [0.25, 0.3) is 5.91 Å². The zero-order chi connectivity index (χ0) is 15.7. The summed E-state index contributed by atoms with van der Waals surface area (Å²) in [6, 6.07) is 10.7. The third kappa shape index (κ3) is 2.91. The summed E-state index contributed by atoms with van der Waals surface area (Å²) in [4.78, 5) is 17.9. The molecule has 1 aromatic carbocycles. The molecule has 0 radical (unpaired) electrons. The molecule has 1 unspecified atom stereocenters. The maximum atomic E-state index is 12.8. The van der Waals surface area contributed by atoms with E-state index in [9.17, 15) is 18.0 Å². The van der Waals surface area contributed by atoms with E-state index in [0.717, 1.165) is 5.39 Å². The van der Waals surface area contributed by atoms with Crippen LogP contribution in [0.15, 0.2) is 36.4 Å². The first-order valence-electron chi connectivity index (χ1n) is 7.17. The highest BCUT2D eigenvalue weighted by Gasteiger charge is 2.42. The van der Waals surface area contributed by atoms with E-state index in [4.69, 9.17) is 0 Å². The Balaban J connectivity index is 1.82. The number of para-hydroxylation sites is 1. The van der Waals surface area contributed by atoms with E-state index >= 15 is 0 Å². The van der Waals surface area contributed by atoms with Gasteiger partial charge in [0.05, 0.1) is 11.4 Å². The van der Waals surface area contributed by atoms with Gasteiger partial charge in [0.2, 0.25) is 0 Å². The molecule has 1 atom stereocenters. The number of carbonyl (C=O) groups is 1. The van der Waals surface area contributed by atoms with Gasteiger partial charge < -0.3 is 4.90 Å². The Kier molecular flexibility index (Phi) is 3.76. The van der Waals surface area contributed by atoms with E-state index in [1.807, 2.05) is 18.2 Å². The lowest BCUT2D eigenvalue weighted by atomic mass is 9.97. The molecule has 1 aliphatic rings. The minimum Gasteiger partial charge on any atom is -0.337 e. The summed E-state index contributed by atoms with van der Waals surface area (Å²) in [7, 11) is 0. The monoisotopic (exact) mass is 308 g/mol. The lowest BCUT2D eigenvalue weighted by Gasteiger charge is -2.33. The third-order valence-electron chi connectivity index (χ3n) is 3.99. The van der Waals surface area contributed by atoms with Crippen LogP contribution in [0.25, 0.3) is 10.9 Å². The number of fused-ring (bicyclic) bond motifs is 1. The Morgan fingerprint density at radius 1 is 1.18 bits per heavy atom. The number of carbonyl (C=O) groups excluding carboxylic acids is 1. The quantitative estimate of drug-likeness (QED) is 0.805. The molecule has 1 fully saturated rings. The predicted octanol–water partition coefficient (Wildman–Crippen LogP) is 3.65. The number of halogens is 3. The number of amides is 1. The van der Waals surface area contributed by atoms with Crippen molar-refractivity contribution in [3.05, 3.63) is 42.1 Å². The van der Waals surface area contributed by atoms with Crippen LogP contribution in [0.2, 0.25) is 0 Å². The number of hydrogen-bond donors (Lipinski definition) is 0. The molecular formula is C16H15F3N2O. The van der Waals surface area contributed by atoms with E-state index < -0.39 is 18.0 Å². The molecule has 0 saturated carbocycles. The first kappa shape index (κ1) is 14.8. The second-order valence-corrected chi connectivity index (χ2v) is 5.52. The summed E-state index contributed by atoms with van der Waals surface area (Å²) in [5, 5.41) is 0.894. The third-order valence-corrected chi connectivity index (χ3v) is 3.99. The summed E-state index contributed by atoms with van der Waals surface area (Å²) in [6.45, 7) is 0.0662. The van der Waals surface area contributed by atoms with Gasteiger partial charge >= 0.3 is 6.18 Å². The van der Waals surface area contributed by atoms with Crippen LogP contribution in [0.3, 0.4) is 0 Å². The van der Waals surface area contributed by atoms with Gasteiger partial charge in [-0.3, -0.25) is 4.79 Å². The second kappa shape index (κ2) is 5.59. The van der Waals surface area contributed by atoms with Crippen LogP contribution >= 0.6 is 0 Å². The number of hydrogen-bond acceptors (Lipinski definition) is 2. The van der Waals surface area contributed by atoms with Crippen LogP contribution in [0.5, 0.6) is 0 Å². The van der Waals surface area contributed by atoms with E-state index in [0.29, 0.717) is 18.5 Å². The Morgan fingerprint density at radius 3 is 2.73 bits per heavy atom. The van der Waals surface area contributed by atoms with Gasteiger partial charge in [0, 0.05) is 18.5 Å². The maximum Gasteiger partial charge on any atom is 0.393 e. The molecule has 1 amide bonds. The van der Waals surface area contributed by atoms with Gasteiger partial charge in [-0.15, -0.1) is 0 Å². The first-order valence-corrected chi connectivity index (χ1v) is 7.17. The van der Waals surface area contributed by atoms with Crippen molar-refractivity contribution in [2.45, 2.75) is 19.0 Å². The Morgan fingerprint density at radius 2 is 1.95 bits per heavy atom. The van der Waals surface area contributed by atoms with Gasteiger partial charge in [-0.2, -0.15) is 13.2 Å². The van der Waals surface area contributed by atoms with E-state index in [2.05, 4.69) is 4.98 Å². The minimum atomic E-state index is -4.25. The number of nitrogens with zero attached hydrogens (tertiary/aromatic N) is 2. The summed E-state index contributed by atoms with van der Waals surface area (Å²) < 4.78 is 38.5. The van der Waals surface area contributed by atoms with Gasteiger partial charge in [-0.05, 0) is 25.0 Å². The molecule has 0 spiro atoms. The number of alkyl halides is 3. The summed E-state index contributed by atoms with van der Waals surface area (Å²) in [5.41, 5.74) is 0.860. The highest BCUT2D eigenvalue weighted by atomic mass is 19.4. The molecule has 0 bridgehead atoms. The van der Waals surface area contributed by atoms with Crippen molar-refractivity contribution in [2.24, 2.45) is 5.92 Å². The van der Waals surface area contributed by atoms with E-state index in [1.54, 1.807) is 18.2 Å². The number of benzene rings is 1. The summed E-state index contributed by atoms with van der Waals surface area (Å²) in [5.74, 6) is -1.87. The highest BCUT2D eigenvalue weighted by Crippen LogP contribution is 2.33. The fraction of sp³-hybridized carbons (Fsp3) is 0.375. The zero-order valence-corrected chi connectivity index (χ0v) is 11.8. The predicted molar refractivity (Wildman–Crippen MR) is 76.4 cm³/mol. The van der Waals surface area contributed by atoms with Gasteiger partial charge in [0.15, 0.2) is 0 Å². The molecule has 3 rings (SSSR count). The van der Waals surface area contributed by atoms with Crippen molar-refractivity contribution in [1.29, 1.82) is 0 Å². The lowest BCUT2D eigenvalue weighted by Crippen LogP contribution is -2.44. The van der Waals surface area contributed by atoms with Crippen molar-refractivity contribution in [3.8, 4) is 0 Å². The highest BCUT2D eigenvalue weighted by molar-refractivity contribution is 5.95. The van der Waals surface area contributed by atoms with Crippen molar-refractivity contribution in [1.82, 2.24) is 9.88 Å². The Labute approximate surface area is 125 Å². The van der Waals surface area contributed by atoms with Crippen LogP contribution < -0.4 is 0 Å². The van der Waals surface area contributed by atoms with Gasteiger partial charge in [-0.1, -0.05) is 24.3 Å². The fourth-order valence-corrected chi connectivity index (χ4v) is 2.78. The van der Waals surface area contributed by atoms with Crippen LogP contribution in [-0.4, -0.2) is 35.1 Å². The largest absolute Gasteiger partial charge is 0.393 e. The molecule has 3 nitrogen and oxygen atoms in total. The SMILES string of the molecule is O=C(c1ccc2ccccc2n1)N1CCCC(C(F)(F)F)C1. The van der Waals surface area contributed by atoms with Crippen LogP contribution in [0.1, 0.15) is 23.3 Å². The Hall–Kier alpha value is -2.11. The smallest absolute Gasteiger partial charge is 0.337 e. The lowest BCUT2D eigenvalue weighted by molar-refractivity contribution is -0.184. The molecule has 2 heterocycles. The molecular weight excluding hydrogens is 293 g/mol. The first-order chi connectivity index (χ1) is 10.4. The fourth-order valence-electron chi connectivity index (χ4n) is 2.78. The molecule has 2 aromatic rings. The molecule has 6 heteroatoms. The van der Waals surface area contributed by atoms with Crippen molar-refractivity contribution in [2.75, 3.05) is 13.1 Å². The summed E-state index contributed by atoms with van der Waals surface area (Å²) in [6.07, 6.45) is -3.81. The molecule has 1 aromatic heterocycles. The molecule has 116 valence electrons. The normalized spacial score (nSPS) is 19.4. The van der Waals surface area contributed by atoms with Crippen LogP contribution in [0, 0.1) is 5.92 Å². The van der Waals surface area contributed by atoms with E-state index in [1.165, 1.54) is 4.90 Å². The molecule has 1 saturated heterocycles. The minimum absolute atomic E-state index is 0.0818. The second-order valence-electron chi connectivity index (χ2n) is 5.52. The molecule has 0 N–H and O–H groups in total. The number of likely N-dealkylation sites (tertiary alicyclic amines) is 1.